The third-order valence-electron chi connectivity index (χ3n) is 5.12. The monoisotopic (exact) mass is 289 g/mol. The average Bonchev–Trinajstić information content (AvgIpc) is 2.57. The first-order chi connectivity index (χ1) is 10.3. The standard InChI is InChI=1S/C18H27NO2/c19-14-18(9-2-1-3-10-18)15-5-4-6-17(13-15)21-16-7-11-20-12-8-16/h4-6,13,16H,1-3,7-12,14,19H2. The van der Waals surface area contributed by atoms with Crippen LogP contribution in [0.1, 0.15) is 50.5 Å². The van der Waals surface area contributed by atoms with Crippen LogP contribution >= 0.6 is 0 Å². The zero-order valence-electron chi connectivity index (χ0n) is 12.9. The summed E-state index contributed by atoms with van der Waals surface area (Å²) >= 11 is 0. The Balaban J connectivity index is 1.75. The molecule has 1 aliphatic carbocycles. The maximum atomic E-state index is 6.16. The molecular formula is C18H27NO2. The number of hydrogen-bond donors (Lipinski definition) is 1. The minimum atomic E-state index is 0.174. The Kier molecular flexibility index (Phi) is 4.81. The van der Waals surface area contributed by atoms with Crippen LogP contribution in [0.15, 0.2) is 24.3 Å². The van der Waals surface area contributed by atoms with Crippen LogP contribution in [0.3, 0.4) is 0 Å². The molecule has 2 N–H and O–H groups in total. The normalized spacial score (nSPS) is 22.9. The van der Waals surface area contributed by atoms with Crippen LogP contribution in [-0.2, 0) is 10.2 Å². The van der Waals surface area contributed by atoms with E-state index >= 15 is 0 Å². The molecule has 116 valence electrons. The predicted molar refractivity (Wildman–Crippen MR) is 84.7 cm³/mol. The Labute approximate surface area is 127 Å². The van der Waals surface area contributed by atoms with Crippen LogP contribution in [0.4, 0.5) is 0 Å². The van der Waals surface area contributed by atoms with Crippen LogP contribution in [0.2, 0.25) is 0 Å². The van der Waals surface area contributed by atoms with E-state index in [-0.39, 0.29) is 5.41 Å². The van der Waals surface area contributed by atoms with E-state index in [1.54, 1.807) is 0 Å². The Bertz CT molecular complexity index is 448. The molecule has 21 heavy (non-hydrogen) atoms. The molecule has 1 saturated heterocycles. The lowest BCUT2D eigenvalue weighted by atomic mass is 9.69. The third-order valence-corrected chi connectivity index (χ3v) is 5.12. The summed E-state index contributed by atoms with van der Waals surface area (Å²) in [5.41, 5.74) is 7.69. The molecule has 1 aromatic rings. The van der Waals surface area contributed by atoms with Crippen LogP contribution in [0.5, 0.6) is 5.75 Å². The average molecular weight is 289 g/mol. The van der Waals surface area contributed by atoms with Gasteiger partial charge in [0.15, 0.2) is 0 Å². The molecule has 1 aromatic carbocycles. The summed E-state index contributed by atoms with van der Waals surface area (Å²) in [7, 11) is 0. The van der Waals surface area contributed by atoms with Crippen molar-refractivity contribution in [2.75, 3.05) is 19.8 Å². The van der Waals surface area contributed by atoms with E-state index in [4.69, 9.17) is 15.2 Å². The fraction of sp³-hybridized carbons (Fsp3) is 0.667. The van der Waals surface area contributed by atoms with Gasteiger partial charge in [-0.25, -0.2) is 0 Å². The van der Waals surface area contributed by atoms with Crippen molar-refractivity contribution >= 4 is 0 Å². The molecule has 1 aliphatic heterocycles. The van der Waals surface area contributed by atoms with Gasteiger partial charge in [-0.15, -0.1) is 0 Å². The zero-order chi connectivity index (χ0) is 14.5. The highest BCUT2D eigenvalue weighted by molar-refractivity contribution is 5.35. The van der Waals surface area contributed by atoms with Gasteiger partial charge in [0.1, 0.15) is 11.9 Å². The highest BCUT2D eigenvalue weighted by atomic mass is 16.5. The number of nitrogens with two attached hydrogens (primary N) is 1. The lowest BCUT2D eigenvalue weighted by Crippen LogP contribution is -2.37. The molecule has 2 fully saturated rings. The summed E-state index contributed by atoms with van der Waals surface area (Å²) in [5, 5.41) is 0. The second kappa shape index (κ2) is 6.80. The minimum absolute atomic E-state index is 0.174. The van der Waals surface area contributed by atoms with Gasteiger partial charge in [-0.1, -0.05) is 31.4 Å². The predicted octanol–water partition coefficient (Wildman–Crippen LogP) is 3.41. The molecule has 0 amide bonds. The van der Waals surface area contributed by atoms with E-state index in [9.17, 15) is 0 Å². The van der Waals surface area contributed by atoms with Crippen molar-refractivity contribution in [2.45, 2.75) is 56.5 Å². The molecule has 0 unspecified atom stereocenters. The highest BCUT2D eigenvalue weighted by Gasteiger charge is 2.32. The van der Waals surface area contributed by atoms with Gasteiger partial charge in [-0.05, 0) is 30.5 Å². The lowest BCUT2D eigenvalue weighted by molar-refractivity contribution is 0.0255. The molecule has 1 saturated carbocycles. The molecular weight excluding hydrogens is 262 g/mol. The van der Waals surface area contributed by atoms with Gasteiger partial charge in [-0.2, -0.15) is 0 Å². The lowest BCUT2D eigenvalue weighted by Gasteiger charge is -2.37. The van der Waals surface area contributed by atoms with Crippen molar-refractivity contribution in [3.63, 3.8) is 0 Å². The summed E-state index contributed by atoms with van der Waals surface area (Å²) in [4.78, 5) is 0. The topological polar surface area (TPSA) is 44.5 Å². The first kappa shape index (κ1) is 14.9. The zero-order valence-corrected chi connectivity index (χ0v) is 12.9. The quantitative estimate of drug-likeness (QED) is 0.924. The van der Waals surface area contributed by atoms with Crippen LogP contribution in [0, 0.1) is 0 Å². The Hall–Kier alpha value is -1.06. The van der Waals surface area contributed by atoms with Gasteiger partial charge in [0, 0.05) is 24.8 Å². The number of benzene rings is 1. The van der Waals surface area contributed by atoms with Crippen LogP contribution in [0.25, 0.3) is 0 Å². The van der Waals surface area contributed by atoms with Crippen molar-refractivity contribution in [3.05, 3.63) is 29.8 Å². The van der Waals surface area contributed by atoms with Crippen molar-refractivity contribution in [3.8, 4) is 5.75 Å². The Morgan fingerprint density at radius 3 is 2.62 bits per heavy atom. The smallest absolute Gasteiger partial charge is 0.120 e. The summed E-state index contributed by atoms with van der Waals surface area (Å²) in [5.74, 6) is 0.998. The molecule has 3 nitrogen and oxygen atoms in total. The fourth-order valence-corrected chi connectivity index (χ4v) is 3.72. The summed E-state index contributed by atoms with van der Waals surface area (Å²) in [6.45, 7) is 2.38. The van der Waals surface area contributed by atoms with Gasteiger partial charge in [0.25, 0.3) is 0 Å². The first-order valence-electron chi connectivity index (χ1n) is 8.37. The van der Waals surface area contributed by atoms with E-state index in [1.165, 1.54) is 37.7 Å². The first-order valence-corrected chi connectivity index (χ1v) is 8.37. The van der Waals surface area contributed by atoms with E-state index < -0.39 is 0 Å². The SMILES string of the molecule is NCC1(c2cccc(OC3CCOCC3)c2)CCCCC1. The second-order valence-corrected chi connectivity index (χ2v) is 6.50. The Morgan fingerprint density at radius 1 is 1.14 bits per heavy atom. The number of ether oxygens (including phenoxy) is 2. The van der Waals surface area contributed by atoms with Gasteiger partial charge in [0.05, 0.1) is 13.2 Å². The number of rotatable bonds is 4. The van der Waals surface area contributed by atoms with Crippen molar-refractivity contribution < 1.29 is 9.47 Å². The summed E-state index contributed by atoms with van der Waals surface area (Å²) in [6.07, 6.45) is 8.64. The van der Waals surface area contributed by atoms with Gasteiger partial charge in [-0.3, -0.25) is 0 Å². The molecule has 0 aromatic heterocycles. The summed E-state index contributed by atoms with van der Waals surface area (Å²) in [6, 6.07) is 8.66. The van der Waals surface area contributed by atoms with Gasteiger partial charge in [0.2, 0.25) is 0 Å². The molecule has 0 spiro atoms. The van der Waals surface area contributed by atoms with E-state index in [1.807, 2.05) is 0 Å². The van der Waals surface area contributed by atoms with Crippen LogP contribution in [-0.4, -0.2) is 25.9 Å². The maximum absolute atomic E-state index is 6.16. The van der Waals surface area contributed by atoms with E-state index in [0.717, 1.165) is 38.3 Å². The molecule has 0 bridgehead atoms. The van der Waals surface area contributed by atoms with Crippen molar-refractivity contribution in [2.24, 2.45) is 5.73 Å². The van der Waals surface area contributed by atoms with Gasteiger partial charge < -0.3 is 15.2 Å². The molecule has 2 aliphatic rings. The molecule has 1 heterocycles. The third kappa shape index (κ3) is 3.41. The van der Waals surface area contributed by atoms with Gasteiger partial charge >= 0.3 is 0 Å². The van der Waals surface area contributed by atoms with E-state index in [2.05, 4.69) is 24.3 Å². The van der Waals surface area contributed by atoms with Crippen LogP contribution < -0.4 is 10.5 Å². The second-order valence-electron chi connectivity index (χ2n) is 6.50. The number of hydrogen-bond acceptors (Lipinski definition) is 3. The van der Waals surface area contributed by atoms with Crippen molar-refractivity contribution in [1.82, 2.24) is 0 Å². The highest BCUT2D eigenvalue weighted by Crippen LogP contribution is 2.39. The molecule has 0 atom stereocenters. The molecule has 3 rings (SSSR count). The molecule has 0 radical (unpaired) electrons. The maximum Gasteiger partial charge on any atom is 0.120 e. The fourth-order valence-electron chi connectivity index (χ4n) is 3.72. The Morgan fingerprint density at radius 2 is 1.90 bits per heavy atom. The largest absolute Gasteiger partial charge is 0.490 e. The van der Waals surface area contributed by atoms with Crippen molar-refractivity contribution in [1.29, 1.82) is 0 Å². The summed E-state index contributed by atoms with van der Waals surface area (Å²) < 4.78 is 11.5. The molecule has 3 heteroatoms. The minimum Gasteiger partial charge on any atom is -0.490 e. The van der Waals surface area contributed by atoms with E-state index in [0.29, 0.717) is 6.10 Å².